The molecule has 2 atom stereocenters. The summed E-state index contributed by atoms with van der Waals surface area (Å²) in [6.07, 6.45) is 1.74. The van der Waals surface area contributed by atoms with E-state index in [9.17, 15) is 0 Å². The average Bonchev–Trinajstić information content (AvgIpc) is 2.49. The molecule has 0 saturated heterocycles. The lowest BCUT2D eigenvalue weighted by Gasteiger charge is -2.23. The Bertz CT molecular complexity index is 316. The molecule has 0 spiro atoms. The Morgan fingerprint density at radius 3 is 1.35 bits per heavy atom. The largest absolute Gasteiger partial charge is 0.400 e. The topological polar surface area (TPSA) is 55.4 Å². The summed E-state index contributed by atoms with van der Waals surface area (Å²) in [4.78, 5) is 0. The Labute approximate surface area is 150 Å². The van der Waals surface area contributed by atoms with Crippen molar-refractivity contribution >= 4 is 36.9 Å². The molecule has 0 N–H and O–H groups in total. The number of rotatable bonds is 14. The highest BCUT2D eigenvalue weighted by molar-refractivity contribution is 8.09. The van der Waals surface area contributed by atoms with E-state index in [0.29, 0.717) is 24.3 Å². The molecule has 23 heavy (non-hydrogen) atoms. The average molecular weight is 405 g/mol. The van der Waals surface area contributed by atoms with Gasteiger partial charge in [0.25, 0.3) is 0 Å². The zero-order chi connectivity index (χ0) is 17.9. The maximum absolute atomic E-state index is 5.80. The predicted molar refractivity (Wildman–Crippen MR) is 103 cm³/mol. The van der Waals surface area contributed by atoms with E-state index in [4.69, 9.17) is 38.6 Å². The van der Waals surface area contributed by atoms with Crippen LogP contribution in [0.2, 0.25) is 11.1 Å². The van der Waals surface area contributed by atoms with Crippen molar-refractivity contribution in [3.8, 4) is 0 Å². The lowest BCUT2D eigenvalue weighted by molar-refractivity contribution is 0.224. The van der Waals surface area contributed by atoms with Gasteiger partial charge in [-0.05, 0) is 35.7 Å². The van der Waals surface area contributed by atoms with Gasteiger partial charge in [0.1, 0.15) is 0 Å². The summed E-state index contributed by atoms with van der Waals surface area (Å²) in [5, 5.41) is 0. The summed E-state index contributed by atoms with van der Waals surface area (Å²) < 4.78 is 33.1. The van der Waals surface area contributed by atoms with Crippen LogP contribution in [0, 0.1) is 0 Å². The highest BCUT2D eigenvalue weighted by Crippen LogP contribution is 2.45. The second-order valence-corrected chi connectivity index (χ2v) is 15.3. The van der Waals surface area contributed by atoms with Crippen molar-refractivity contribution in [2.75, 3.05) is 48.3 Å². The van der Waals surface area contributed by atoms with Gasteiger partial charge in [0.2, 0.25) is 0 Å². The zero-order valence-electron chi connectivity index (χ0n) is 15.4. The third-order valence-electron chi connectivity index (χ3n) is 3.66. The van der Waals surface area contributed by atoms with Crippen LogP contribution in [0.1, 0.15) is 26.7 Å². The monoisotopic (exact) mass is 404 g/mol. The number of hydrogen-bond donors (Lipinski definition) is 0. The third kappa shape index (κ3) is 10.4. The maximum Gasteiger partial charge on any atom is 0.323 e. The van der Waals surface area contributed by atoms with Crippen molar-refractivity contribution in [3.63, 3.8) is 0 Å². The van der Waals surface area contributed by atoms with E-state index in [2.05, 4.69) is 13.8 Å². The molecule has 0 aliphatic rings. The smallest absolute Gasteiger partial charge is 0.323 e. The van der Waals surface area contributed by atoms with Crippen LogP contribution in [0.3, 0.4) is 0 Å². The number of hydrogen-bond acceptors (Lipinski definition) is 7. The van der Waals surface area contributed by atoms with Crippen molar-refractivity contribution in [2.45, 2.75) is 37.8 Å². The predicted octanol–water partition coefficient (Wildman–Crippen LogP) is 2.55. The van der Waals surface area contributed by atoms with Crippen molar-refractivity contribution in [3.05, 3.63) is 0 Å². The van der Waals surface area contributed by atoms with E-state index in [1.807, 2.05) is 6.66 Å². The first-order chi connectivity index (χ1) is 10.8. The van der Waals surface area contributed by atoms with Gasteiger partial charge in [-0.1, -0.05) is 13.8 Å². The Morgan fingerprint density at radius 1 is 0.783 bits per heavy atom. The Morgan fingerprint density at radius 2 is 1.09 bits per heavy atom. The molecule has 0 aliphatic heterocycles. The molecule has 0 aromatic rings. The maximum atomic E-state index is 5.80. The van der Waals surface area contributed by atoms with Gasteiger partial charge in [-0.25, -0.2) is 0 Å². The fourth-order valence-electron chi connectivity index (χ4n) is 2.24. The molecule has 0 rings (SSSR count). The van der Waals surface area contributed by atoms with E-state index in [1.54, 1.807) is 28.4 Å². The van der Waals surface area contributed by atoms with Crippen LogP contribution in [0.5, 0.6) is 0 Å². The summed E-state index contributed by atoms with van der Waals surface area (Å²) in [6, 6.07) is 0. The lowest BCUT2D eigenvalue weighted by Crippen LogP contribution is -2.25. The molecular weight excluding hydrogens is 371 g/mol. The lowest BCUT2D eigenvalue weighted by atomic mass is 10.3. The quantitative estimate of drug-likeness (QED) is 0.326. The van der Waals surface area contributed by atoms with Crippen LogP contribution >= 0.6 is 6.49 Å². The van der Waals surface area contributed by atoms with Crippen molar-refractivity contribution in [2.24, 2.45) is 0 Å². The Balaban J connectivity index is 4.03. The van der Waals surface area contributed by atoms with Crippen LogP contribution < -0.4 is 0 Å². The van der Waals surface area contributed by atoms with E-state index in [1.165, 1.54) is 0 Å². The van der Waals surface area contributed by atoms with Crippen LogP contribution in [0.25, 0.3) is 0 Å². The molecule has 0 aromatic carbocycles. The Kier molecular flexibility index (Phi) is 13.6. The summed E-state index contributed by atoms with van der Waals surface area (Å²) in [5.74, 6) is 0. The fraction of sp³-hybridized carbons (Fsp3) is 1.00. The van der Waals surface area contributed by atoms with Crippen LogP contribution in [0.15, 0.2) is 0 Å². The van der Waals surface area contributed by atoms with Crippen molar-refractivity contribution < 1.29 is 26.8 Å². The minimum Gasteiger partial charge on any atom is -0.400 e. The molecule has 0 saturated carbocycles. The summed E-state index contributed by atoms with van der Waals surface area (Å²) in [5.41, 5.74) is 0.741. The van der Waals surface area contributed by atoms with Gasteiger partial charge in [0, 0.05) is 35.1 Å². The standard InChI is InChI=1S/C13H33O6PSSi2/c1-12(22(14-3)15-4)8-10-18-20(7,21)19-11-9-13(2)23(16-5)17-6/h12-13,22-23H,8-11H2,1-7H3. The minimum absolute atomic E-state index is 0.371. The van der Waals surface area contributed by atoms with Crippen molar-refractivity contribution in [1.82, 2.24) is 0 Å². The highest BCUT2D eigenvalue weighted by Gasteiger charge is 2.22. The molecule has 0 heterocycles. The fourth-order valence-corrected chi connectivity index (χ4v) is 6.70. The molecule has 6 nitrogen and oxygen atoms in total. The SMILES string of the molecule is CO[SiH](OC)C(C)CCOP(C)(=S)OCCC(C)[SiH](OC)OC. The van der Waals surface area contributed by atoms with Gasteiger partial charge >= 0.3 is 18.6 Å². The highest BCUT2D eigenvalue weighted by atomic mass is 32.5. The van der Waals surface area contributed by atoms with Gasteiger partial charge in [-0.2, -0.15) is 0 Å². The second-order valence-electron chi connectivity index (χ2n) is 5.65. The van der Waals surface area contributed by atoms with Crippen LogP contribution in [-0.4, -0.2) is 66.9 Å². The normalized spacial score (nSPS) is 17.4. The van der Waals surface area contributed by atoms with Crippen molar-refractivity contribution in [1.29, 1.82) is 0 Å². The van der Waals surface area contributed by atoms with E-state index in [-0.39, 0.29) is 0 Å². The molecular formula is C13H33O6PSSi2. The van der Waals surface area contributed by atoms with Gasteiger partial charge in [-0.3, -0.25) is 0 Å². The molecule has 0 amide bonds. The van der Waals surface area contributed by atoms with Gasteiger partial charge in [-0.15, -0.1) is 0 Å². The molecule has 2 unspecified atom stereocenters. The summed E-state index contributed by atoms with van der Waals surface area (Å²) in [6.45, 7) is 5.07. The van der Waals surface area contributed by atoms with Crippen LogP contribution in [-0.2, 0) is 38.6 Å². The van der Waals surface area contributed by atoms with Crippen LogP contribution in [0.4, 0.5) is 0 Å². The van der Waals surface area contributed by atoms with Gasteiger partial charge in [0.15, 0.2) is 6.49 Å². The Hall–Kier alpha value is 0.844. The molecule has 140 valence electrons. The first kappa shape index (κ1) is 23.8. The molecule has 0 radical (unpaired) electrons. The van der Waals surface area contributed by atoms with E-state index >= 15 is 0 Å². The third-order valence-corrected chi connectivity index (χ3v) is 9.98. The minimum atomic E-state index is -2.20. The summed E-state index contributed by atoms with van der Waals surface area (Å²) >= 11 is 5.46. The van der Waals surface area contributed by atoms with E-state index in [0.717, 1.165) is 12.8 Å². The van der Waals surface area contributed by atoms with E-state index < -0.39 is 25.1 Å². The molecule has 0 fully saturated rings. The molecule has 0 aromatic heterocycles. The first-order valence-electron chi connectivity index (χ1n) is 7.79. The molecule has 10 heteroatoms. The first-order valence-corrected chi connectivity index (χ1v) is 14.1. The van der Waals surface area contributed by atoms with Gasteiger partial charge in [0.05, 0.1) is 13.2 Å². The zero-order valence-corrected chi connectivity index (χ0v) is 19.5. The summed E-state index contributed by atoms with van der Waals surface area (Å²) in [7, 11) is 3.60. The molecule has 0 bridgehead atoms. The molecule has 0 aliphatic carbocycles. The van der Waals surface area contributed by atoms with Gasteiger partial charge < -0.3 is 26.8 Å². The second kappa shape index (κ2) is 13.1.